The van der Waals surface area contributed by atoms with Crippen LogP contribution in [0.15, 0.2) is 40.2 Å². The van der Waals surface area contributed by atoms with Gasteiger partial charge >= 0.3 is 0 Å². The maximum Gasteiger partial charge on any atom is 0.243 e. The Balaban J connectivity index is 0.00000243. The van der Waals surface area contributed by atoms with Crippen molar-refractivity contribution in [3.05, 3.63) is 30.3 Å². The van der Waals surface area contributed by atoms with E-state index in [0.717, 1.165) is 31.9 Å². The summed E-state index contributed by atoms with van der Waals surface area (Å²) in [5.41, 5.74) is 0. The fraction of sp³-hybridized carbons (Fsp3) is 0.611. The third-order valence-corrected chi connectivity index (χ3v) is 6.64. The SMILES string of the molecule is CCNC(=NCC1CCN(S(=O)(=O)c2ccccc2)CC1)NC1CC1.I. The Morgan fingerprint density at radius 3 is 2.38 bits per heavy atom. The molecule has 1 aromatic rings. The largest absolute Gasteiger partial charge is 0.357 e. The van der Waals surface area contributed by atoms with E-state index in [1.165, 1.54) is 12.8 Å². The number of hydrogen-bond acceptors (Lipinski definition) is 3. The number of rotatable bonds is 6. The molecule has 1 aliphatic heterocycles. The van der Waals surface area contributed by atoms with Crippen molar-refractivity contribution < 1.29 is 8.42 Å². The zero-order valence-corrected chi connectivity index (χ0v) is 18.4. The molecule has 1 aliphatic carbocycles. The van der Waals surface area contributed by atoms with Crippen molar-refractivity contribution in [2.75, 3.05) is 26.2 Å². The Morgan fingerprint density at radius 2 is 1.81 bits per heavy atom. The van der Waals surface area contributed by atoms with Crippen LogP contribution < -0.4 is 10.6 Å². The van der Waals surface area contributed by atoms with Crippen molar-refractivity contribution in [1.29, 1.82) is 0 Å². The minimum absolute atomic E-state index is 0. The number of guanidine groups is 1. The number of nitrogens with one attached hydrogen (secondary N) is 2. The number of halogens is 1. The monoisotopic (exact) mass is 492 g/mol. The van der Waals surface area contributed by atoms with E-state index in [4.69, 9.17) is 0 Å². The van der Waals surface area contributed by atoms with Gasteiger partial charge in [0.05, 0.1) is 4.90 Å². The molecule has 0 spiro atoms. The van der Waals surface area contributed by atoms with Crippen LogP contribution >= 0.6 is 24.0 Å². The zero-order valence-electron chi connectivity index (χ0n) is 15.2. The summed E-state index contributed by atoms with van der Waals surface area (Å²) >= 11 is 0. The van der Waals surface area contributed by atoms with Gasteiger partial charge in [0.1, 0.15) is 0 Å². The molecule has 1 aromatic carbocycles. The average molecular weight is 492 g/mol. The van der Waals surface area contributed by atoms with Crippen LogP contribution in [0.5, 0.6) is 0 Å². The summed E-state index contributed by atoms with van der Waals surface area (Å²) in [5, 5.41) is 6.70. The molecule has 0 aromatic heterocycles. The number of benzene rings is 1. The second-order valence-corrected chi connectivity index (χ2v) is 8.74. The highest BCUT2D eigenvalue weighted by Crippen LogP contribution is 2.24. The van der Waals surface area contributed by atoms with E-state index in [9.17, 15) is 8.42 Å². The smallest absolute Gasteiger partial charge is 0.243 e. The van der Waals surface area contributed by atoms with Crippen LogP contribution in [0.2, 0.25) is 0 Å². The van der Waals surface area contributed by atoms with Crippen LogP contribution in [0.1, 0.15) is 32.6 Å². The second-order valence-electron chi connectivity index (χ2n) is 6.80. The lowest BCUT2D eigenvalue weighted by atomic mass is 9.98. The lowest BCUT2D eigenvalue weighted by Crippen LogP contribution is -2.40. The first kappa shape index (κ1) is 21.4. The number of nitrogens with zero attached hydrogens (tertiary/aromatic N) is 2. The summed E-state index contributed by atoms with van der Waals surface area (Å²) in [6, 6.07) is 9.28. The summed E-state index contributed by atoms with van der Waals surface area (Å²) < 4.78 is 26.9. The van der Waals surface area contributed by atoms with Gasteiger partial charge in [-0.25, -0.2) is 8.42 Å². The van der Waals surface area contributed by atoms with E-state index in [1.807, 2.05) is 6.07 Å². The van der Waals surface area contributed by atoms with Gasteiger partial charge in [0.25, 0.3) is 0 Å². The molecule has 0 amide bonds. The molecule has 26 heavy (non-hydrogen) atoms. The normalized spacial score (nSPS) is 19.7. The Bertz CT molecular complexity index is 684. The molecule has 2 N–H and O–H groups in total. The first-order valence-corrected chi connectivity index (χ1v) is 10.6. The van der Waals surface area contributed by atoms with Gasteiger partial charge in [0.15, 0.2) is 5.96 Å². The topological polar surface area (TPSA) is 73.8 Å². The van der Waals surface area contributed by atoms with Crippen molar-refractivity contribution in [2.24, 2.45) is 10.9 Å². The highest BCUT2D eigenvalue weighted by Gasteiger charge is 2.29. The Kier molecular flexibility index (Phi) is 8.15. The van der Waals surface area contributed by atoms with Gasteiger partial charge in [0.2, 0.25) is 10.0 Å². The van der Waals surface area contributed by atoms with Crippen molar-refractivity contribution >= 4 is 40.0 Å². The summed E-state index contributed by atoms with van der Waals surface area (Å²) in [7, 11) is -3.36. The minimum atomic E-state index is -3.36. The second kappa shape index (κ2) is 9.89. The van der Waals surface area contributed by atoms with E-state index in [1.54, 1.807) is 28.6 Å². The van der Waals surface area contributed by atoms with Crippen LogP contribution in [0.25, 0.3) is 0 Å². The van der Waals surface area contributed by atoms with E-state index in [-0.39, 0.29) is 24.0 Å². The van der Waals surface area contributed by atoms with Crippen LogP contribution in [-0.4, -0.2) is 50.9 Å². The molecular weight excluding hydrogens is 463 g/mol. The fourth-order valence-electron chi connectivity index (χ4n) is 3.04. The predicted molar refractivity (Wildman–Crippen MR) is 115 cm³/mol. The molecule has 6 nitrogen and oxygen atoms in total. The quantitative estimate of drug-likeness (QED) is 0.364. The van der Waals surface area contributed by atoms with Gasteiger partial charge in [0, 0.05) is 32.2 Å². The molecule has 0 bridgehead atoms. The molecule has 0 radical (unpaired) electrons. The summed E-state index contributed by atoms with van der Waals surface area (Å²) in [5.74, 6) is 1.33. The van der Waals surface area contributed by atoms with E-state index in [0.29, 0.717) is 29.9 Å². The van der Waals surface area contributed by atoms with Gasteiger partial charge in [-0.05, 0) is 50.7 Å². The molecule has 3 rings (SSSR count). The molecule has 1 saturated heterocycles. The molecule has 0 atom stereocenters. The highest BCUT2D eigenvalue weighted by molar-refractivity contribution is 14.0. The van der Waals surface area contributed by atoms with Gasteiger partial charge in [-0.3, -0.25) is 4.99 Å². The zero-order chi connectivity index (χ0) is 17.7. The summed E-state index contributed by atoms with van der Waals surface area (Å²) in [4.78, 5) is 5.07. The highest BCUT2D eigenvalue weighted by atomic mass is 127. The van der Waals surface area contributed by atoms with Crippen molar-refractivity contribution in [1.82, 2.24) is 14.9 Å². The van der Waals surface area contributed by atoms with Crippen molar-refractivity contribution in [3.8, 4) is 0 Å². The van der Waals surface area contributed by atoms with E-state index in [2.05, 4.69) is 22.5 Å². The first-order chi connectivity index (χ1) is 12.1. The standard InChI is InChI=1S/C18H28N4O2S.HI/c1-2-19-18(21-16-8-9-16)20-14-15-10-12-22(13-11-15)25(23,24)17-6-4-3-5-7-17;/h3-7,15-16H,2,8-14H2,1H3,(H2,19,20,21);1H. The third kappa shape index (κ3) is 5.82. The lowest BCUT2D eigenvalue weighted by molar-refractivity contribution is 0.278. The Labute approximate surface area is 173 Å². The number of sulfonamides is 1. The van der Waals surface area contributed by atoms with Crippen LogP contribution in [0.3, 0.4) is 0 Å². The van der Waals surface area contributed by atoms with Gasteiger partial charge in [-0.2, -0.15) is 4.31 Å². The molecule has 146 valence electrons. The molecule has 1 heterocycles. The molecule has 1 saturated carbocycles. The summed E-state index contributed by atoms with van der Waals surface area (Å²) in [6.07, 6.45) is 4.16. The lowest BCUT2D eigenvalue weighted by Gasteiger charge is -2.30. The van der Waals surface area contributed by atoms with E-state index >= 15 is 0 Å². The van der Waals surface area contributed by atoms with Crippen LogP contribution in [0.4, 0.5) is 0 Å². The van der Waals surface area contributed by atoms with Gasteiger partial charge < -0.3 is 10.6 Å². The van der Waals surface area contributed by atoms with Crippen LogP contribution in [0, 0.1) is 5.92 Å². The predicted octanol–water partition coefficient (Wildman–Crippen LogP) is 2.42. The Morgan fingerprint density at radius 1 is 1.15 bits per heavy atom. The third-order valence-electron chi connectivity index (χ3n) is 4.72. The molecule has 2 fully saturated rings. The van der Waals surface area contributed by atoms with Crippen molar-refractivity contribution in [3.63, 3.8) is 0 Å². The first-order valence-electron chi connectivity index (χ1n) is 9.19. The molecular formula is C18H29IN4O2S. The number of aliphatic imine (C=N–C) groups is 1. The maximum atomic E-state index is 12.7. The molecule has 2 aliphatic rings. The minimum Gasteiger partial charge on any atom is -0.357 e. The number of hydrogen-bond donors (Lipinski definition) is 2. The van der Waals surface area contributed by atoms with Gasteiger partial charge in [-0.1, -0.05) is 18.2 Å². The fourth-order valence-corrected chi connectivity index (χ4v) is 4.53. The Hall–Kier alpha value is -0.870. The average Bonchev–Trinajstić information content (AvgIpc) is 3.45. The maximum absolute atomic E-state index is 12.7. The van der Waals surface area contributed by atoms with Crippen molar-refractivity contribution in [2.45, 2.75) is 43.5 Å². The van der Waals surface area contributed by atoms with Crippen LogP contribution in [-0.2, 0) is 10.0 Å². The van der Waals surface area contributed by atoms with E-state index < -0.39 is 10.0 Å². The van der Waals surface area contributed by atoms with Gasteiger partial charge in [-0.15, -0.1) is 24.0 Å². The molecule has 0 unspecified atom stereocenters. The number of piperidine rings is 1. The summed E-state index contributed by atoms with van der Waals surface area (Å²) in [6.45, 7) is 4.82. The molecule has 8 heteroatoms.